The van der Waals surface area contributed by atoms with Gasteiger partial charge in [0.15, 0.2) is 0 Å². The molecular weight excluding hydrogens is 353 g/mol. The molecule has 7 heteroatoms. The van der Waals surface area contributed by atoms with Gasteiger partial charge in [0.1, 0.15) is 18.6 Å². The largest absolute Gasteiger partial charge is 0.462 e. The van der Waals surface area contributed by atoms with Crippen LogP contribution in [0.4, 0.5) is 0 Å². The summed E-state index contributed by atoms with van der Waals surface area (Å²) in [5.41, 5.74) is 1.94. The predicted molar refractivity (Wildman–Crippen MR) is 104 cm³/mol. The molecule has 1 aromatic carbocycles. The Bertz CT molecular complexity index is 617. The van der Waals surface area contributed by atoms with Crippen LogP contribution in [-0.4, -0.2) is 32.1 Å². The first kappa shape index (κ1) is 22.7. The summed E-state index contributed by atoms with van der Waals surface area (Å²) >= 11 is 0. The molecule has 26 heavy (non-hydrogen) atoms. The Balaban J connectivity index is 3.13. The maximum absolute atomic E-state index is 13.3. The van der Waals surface area contributed by atoms with Crippen molar-refractivity contribution >= 4 is 13.5 Å². The summed E-state index contributed by atoms with van der Waals surface area (Å²) in [4.78, 5) is 11.8. The van der Waals surface area contributed by atoms with Crippen LogP contribution < -0.4 is 9.61 Å². The number of carbonyl (C=O) groups excluding carboxylic acids is 1. The highest BCUT2D eigenvalue weighted by Crippen LogP contribution is 2.47. The van der Waals surface area contributed by atoms with Crippen LogP contribution in [0, 0.1) is 0 Å². The van der Waals surface area contributed by atoms with Gasteiger partial charge < -0.3 is 14.0 Å². The van der Waals surface area contributed by atoms with Crippen molar-refractivity contribution in [1.82, 2.24) is 5.09 Å². The second kappa shape index (κ2) is 10.1. The molecule has 0 fully saturated rings. The lowest BCUT2D eigenvalue weighted by Crippen LogP contribution is -2.28. The molecule has 1 atom stereocenters. The smallest absolute Gasteiger partial charge is 0.342 e. The minimum absolute atomic E-state index is 0.147. The summed E-state index contributed by atoms with van der Waals surface area (Å²) < 4.78 is 29.4. The number of carbonyl (C=O) groups is 1. The fourth-order valence-corrected chi connectivity index (χ4v) is 3.92. The molecule has 1 rings (SSSR count). The maximum Gasteiger partial charge on any atom is 0.342 e. The normalized spacial score (nSPS) is 13.9. The Labute approximate surface area is 157 Å². The van der Waals surface area contributed by atoms with Crippen molar-refractivity contribution < 1.29 is 23.4 Å². The summed E-state index contributed by atoms with van der Waals surface area (Å²) in [6, 6.07) is 5.91. The van der Waals surface area contributed by atoms with Gasteiger partial charge in [-0.15, -0.1) is 0 Å². The molecule has 0 aliphatic heterocycles. The second-order valence-electron chi connectivity index (χ2n) is 7.13. The van der Waals surface area contributed by atoms with E-state index in [0.29, 0.717) is 5.75 Å². The Kier molecular flexibility index (Phi) is 8.81. The number of rotatable bonds is 10. The quantitative estimate of drug-likeness (QED) is 0.467. The molecule has 6 nitrogen and oxygen atoms in total. The van der Waals surface area contributed by atoms with E-state index in [0.717, 1.165) is 11.1 Å². The number of benzene rings is 1. The van der Waals surface area contributed by atoms with E-state index in [1.807, 2.05) is 18.2 Å². The minimum atomic E-state index is -3.44. The summed E-state index contributed by atoms with van der Waals surface area (Å²) in [7, 11) is -2.00. The first-order chi connectivity index (χ1) is 12.1. The highest BCUT2D eigenvalue weighted by Gasteiger charge is 2.29. The zero-order chi connectivity index (χ0) is 19.9. The van der Waals surface area contributed by atoms with E-state index < -0.39 is 13.5 Å². The molecular formula is C19H32NO5P. The molecule has 0 saturated heterocycles. The van der Waals surface area contributed by atoms with Gasteiger partial charge in [0.2, 0.25) is 0 Å². The summed E-state index contributed by atoms with van der Waals surface area (Å²) in [6.45, 7) is 11.5. The van der Waals surface area contributed by atoms with Crippen molar-refractivity contribution in [3.63, 3.8) is 0 Å². The zero-order valence-electron chi connectivity index (χ0n) is 16.9. The third-order valence-electron chi connectivity index (χ3n) is 3.69. The van der Waals surface area contributed by atoms with Gasteiger partial charge in [-0.25, -0.2) is 5.09 Å². The molecule has 0 heterocycles. The van der Waals surface area contributed by atoms with Gasteiger partial charge in [0, 0.05) is 7.11 Å². The van der Waals surface area contributed by atoms with E-state index in [1.165, 1.54) is 7.11 Å². The average molecular weight is 385 g/mol. The lowest BCUT2D eigenvalue weighted by atomic mass is 9.94. The third-order valence-corrected chi connectivity index (χ3v) is 5.40. The Morgan fingerprint density at radius 1 is 1.08 bits per heavy atom. The third kappa shape index (κ3) is 6.75. The van der Waals surface area contributed by atoms with Crippen molar-refractivity contribution in [2.75, 3.05) is 20.0 Å². The van der Waals surface area contributed by atoms with Gasteiger partial charge in [0.05, 0.1) is 6.10 Å². The van der Waals surface area contributed by atoms with Crippen LogP contribution >= 0.6 is 7.52 Å². The summed E-state index contributed by atoms with van der Waals surface area (Å²) in [5.74, 6) is 0.514. The zero-order valence-corrected chi connectivity index (χ0v) is 17.8. The molecule has 1 aromatic rings. The standard InChI is InChI=1S/C19H32NO5P/c1-13(2)16-9-8-10-17(14(3)4)19(16)25-26(22,12-23-7)20-11-18(21)24-15(5)6/h8-10,13-15H,11-12H2,1-7H3,(H,20,22). The fourth-order valence-electron chi connectivity index (χ4n) is 2.50. The molecule has 0 radical (unpaired) electrons. The minimum Gasteiger partial charge on any atom is -0.462 e. The highest BCUT2D eigenvalue weighted by molar-refractivity contribution is 7.57. The Morgan fingerprint density at radius 2 is 1.62 bits per heavy atom. The van der Waals surface area contributed by atoms with E-state index in [-0.39, 0.29) is 30.8 Å². The second-order valence-corrected chi connectivity index (χ2v) is 9.23. The van der Waals surface area contributed by atoms with Crippen molar-refractivity contribution in [1.29, 1.82) is 0 Å². The molecule has 0 spiro atoms. The van der Waals surface area contributed by atoms with Gasteiger partial charge in [-0.3, -0.25) is 9.36 Å². The lowest BCUT2D eigenvalue weighted by molar-refractivity contribution is -0.145. The van der Waals surface area contributed by atoms with Crippen molar-refractivity contribution in [2.24, 2.45) is 0 Å². The van der Waals surface area contributed by atoms with Gasteiger partial charge in [-0.05, 0) is 36.8 Å². The van der Waals surface area contributed by atoms with Crippen LogP contribution in [0.2, 0.25) is 0 Å². The van der Waals surface area contributed by atoms with Crippen LogP contribution in [0.25, 0.3) is 0 Å². The number of para-hydroxylation sites is 1. The van der Waals surface area contributed by atoms with Crippen LogP contribution in [0.3, 0.4) is 0 Å². The molecule has 0 saturated carbocycles. The Morgan fingerprint density at radius 3 is 2.04 bits per heavy atom. The summed E-state index contributed by atoms with van der Waals surface area (Å²) in [6.07, 6.45) is -0.382. The first-order valence-electron chi connectivity index (χ1n) is 8.94. The number of ether oxygens (including phenoxy) is 2. The number of hydrogen-bond acceptors (Lipinski definition) is 5. The van der Waals surface area contributed by atoms with Crippen molar-refractivity contribution in [3.8, 4) is 5.75 Å². The molecule has 1 unspecified atom stereocenters. The van der Waals surface area contributed by atoms with E-state index in [9.17, 15) is 9.36 Å². The molecule has 0 amide bonds. The number of esters is 1. The fraction of sp³-hybridized carbons (Fsp3) is 0.632. The summed E-state index contributed by atoms with van der Waals surface area (Å²) in [5, 5.41) is 2.72. The van der Waals surface area contributed by atoms with E-state index in [2.05, 4.69) is 32.8 Å². The van der Waals surface area contributed by atoms with Crippen LogP contribution in [0.5, 0.6) is 5.75 Å². The number of nitrogens with one attached hydrogen (secondary N) is 1. The molecule has 0 aliphatic rings. The predicted octanol–water partition coefficient (Wildman–Crippen LogP) is 4.65. The van der Waals surface area contributed by atoms with Gasteiger partial charge in [0.25, 0.3) is 0 Å². The molecule has 148 valence electrons. The van der Waals surface area contributed by atoms with E-state index >= 15 is 0 Å². The molecule has 1 N–H and O–H groups in total. The van der Waals surface area contributed by atoms with Crippen LogP contribution in [0.1, 0.15) is 64.5 Å². The molecule has 0 aromatic heterocycles. The maximum atomic E-state index is 13.3. The first-order valence-corrected chi connectivity index (χ1v) is 10.8. The number of methoxy groups -OCH3 is 1. The lowest BCUT2D eigenvalue weighted by Gasteiger charge is -2.25. The highest BCUT2D eigenvalue weighted by atomic mass is 31.2. The van der Waals surface area contributed by atoms with Gasteiger partial charge in [-0.2, -0.15) is 0 Å². The SMILES string of the molecule is COCP(=O)(NCC(=O)OC(C)C)Oc1c(C(C)C)cccc1C(C)C. The van der Waals surface area contributed by atoms with Crippen molar-refractivity contribution in [2.45, 2.75) is 59.5 Å². The Hall–Kier alpha value is -1.36. The van der Waals surface area contributed by atoms with Crippen LogP contribution in [-0.2, 0) is 18.8 Å². The van der Waals surface area contributed by atoms with Gasteiger partial charge >= 0.3 is 13.5 Å². The molecule has 0 aliphatic carbocycles. The topological polar surface area (TPSA) is 73.9 Å². The monoisotopic (exact) mass is 385 g/mol. The van der Waals surface area contributed by atoms with Crippen LogP contribution in [0.15, 0.2) is 18.2 Å². The van der Waals surface area contributed by atoms with E-state index in [4.69, 9.17) is 14.0 Å². The van der Waals surface area contributed by atoms with E-state index in [1.54, 1.807) is 13.8 Å². The number of hydrogen-bond donors (Lipinski definition) is 1. The average Bonchev–Trinajstić information content (AvgIpc) is 2.52. The molecule has 0 bridgehead atoms. The van der Waals surface area contributed by atoms with Crippen molar-refractivity contribution in [3.05, 3.63) is 29.3 Å². The van der Waals surface area contributed by atoms with Gasteiger partial charge in [-0.1, -0.05) is 45.9 Å².